The van der Waals surface area contributed by atoms with Gasteiger partial charge in [0.25, 0.3) is 0 Å². The van der Waals surface area contributed by atoms with E-state index >= 15 is 0 Å². The van der Waals surface area contributed by atoms with Crippen molar-refractivity contribution in [1.29, 1.82) is 0 Å². The Balaban J connectivity index is 0.000000659. The van der Waals surface area contributed by atoms with Gasteiger partial charge >= 0.3 is 0 Å². The number of rotatable bonds is 1. The monoisotopic (exact) mass is 244 g/mol. The van der Waals surface area contributed by atoms with Crippen LogP contribution in [0.15, 0.2) is 36.7 Å². The van der Waals surface area contributed by atoms with Crippen LogP contribution in [-0.2, 0) is 0 Å². The van der Waals surface area contributed by atoms with Gasteiger partial charge in [-0.05, 0) is 19.9 Å². The molecule has 1 aromatic carbocycles. The zero-order chi connectivity index (χ0) is 14.0. The van der Waals surface area contributed by atoms with Crippen LogP contribution in [0.1, 0.15) is 39.0 Å². The highest BCUT2D eigenvalue weighted by molar-refractivity contribution is 5.59. The Morgan fingerprint density at radius 2 is 1.33 bits per heavy atom. The Kier molecular flexibility index (Phi) is 8.46. The van der Waals surface area contributed by atoms with Gasteiger partial charge in [0.05, 0.1) is 5.69 Å². The predicted molar refractivity (Wildman–Crippen MR) is 79.6 cm³/mol. The van der Waals surface area contributed by atoms with Crippen LogP contribution < -0.4 is 0 Å². The third-order valence-electron chi connectivity index (χ3n) is 2.15. The van der Waals surface area contributed by atoms with Crippen molar-refractivity contribution in [2.24, 2.45) is 0 Å². The lowest BCUT2D eigenvalue weighted by molar-refractivity contribution is 1.11. The Hall–Kier alpha value is -1.70. The van der Waals surface area contributed by atoms with E-state index in [9.17, 15) is 0 Å². The first-order valence-electron chi connectivity index (χ1n) is 6.61. The van der Waals surface area contributed by atoms with Crippen LogP contribution in [0.3, 0.4) is 0 Å². The minimum absolute atomic E-state index is 0.984. The van der Waals surface area contributed by atoms with Gasteiger partial charge < -0.3 is 0 Å². The van der Waals surface area contributed by atoms with E-state index in [4.69, 9.17) is 0 Å². The molecule has 0 spiro atoms. The molecule has 98 valence electrons. The minimum atomic E-state index is 0.984. The first kappa shape index (κ1) is 16.3. The van der Waals surface area contributed by atoms with Gasteiger partial charge in [-0.25, -0.2) is 9.97 Å². The summed E-state index contributed by atoms with van der Waals surface area (Å²) in [6.45, 7) is 12.0. The average Bonchev–Trinajstić information content (AvgIpc) is 2.44. The van der Waals surface area contributed by atoms with Gasteiger partial charge in [0.2, 0.25) is 0 Å². The van der Waals surface area contributed by atoms with Crippen LogP contribution in [0.25, 0.3) is 11.3 Å². The lowest BCUT2D eigenvalue weighted by Gasteiger charge is -2.01. The Morgan fingerprint density at radius 1 is 0.778 bits per heavy atom. The fourth-order valence-electron chi connectivity index (χ4n) is 1.34. The topological polar surface area (TPSA) is 25.8 Å². The molecule has 0 atom stereocenters. The Bertz CT molecular complexity index is 433. The normalized spacial score (nSPS) is 8.56. The lowest BCUT2D eigenvalue weighted by Crippen LogP contribution is -1.87. The standard InChI is InChI=1S/C12H12N2.2C2H6/c1-9-3-5-11(6-4-9)12-7-10(2)13-8-14-12;2*1-2/h3-8H,1-2H3;2*1-2H3. The summed E-state index contributed by atoms with van der Waals surface area (Å²) in [5.74, 6) is 0. The first-order chi connectivity index (χ1) is 8.75. The maximum atomic E-state index is 4.23. The van der Waals surface area contributed by atoms with Crippen molar-refractivity contribution in [1.82, 2.24) is 9.97 Å². The van der Waals surface area contributed by atoms with Crippen LogP contribution in [0, 0.1) is 13.8 Å². The van der Waals surface area contributed by atoms with Crippen molar-refractivity contribution in [3.05, 3.63) is 47.9 Å². The fraction of sp³-hybridized carbons (Fsp3) is 0.375. The molecule has 1 aromatic heterocycles. The molecular weight excluding hydrogens is 220 g/mol. The molecule has 0 aliphatic heterocycles. The van der Waals surface area contributed by atoms with Gasteiger partial charge in [0.15, 0.2) is 0 Å². The van der Waals surface area contributed by atoms with E-state index in [1.165, 1.54) is 5.56 Å². The Morgan fingerprint density at radius 3 is 1.83 bits per heavy atom. The van der Waals surface area contributed by atoms with Gasteiger partial charge in [-0.1, -0.05) is 57.5 Å². The molecule has 0 saturated carbocycles. The second-order valence-corrected chi connectivity index (χ2v) is 3.41. The third kappa shape index (κ3) is 5.09. The predicted octanol–water partition coefficient (Wildman–Crippen LogP) is 4.81. The SMILES string of the molecule is CC.CC.Cc1ccc(-c2cc(C)ncn2)cc1. The number of nitrogens with zero attached hydrogens (tertiary/aromatic N) is 2. The Labute approximate surface area is 111 Å². The molecule has 0 bridgehead atoms. The van der Waals surface area contributed by atoms with Gasteiger partial charge in [0.1, 0.15) is 6.33 Å². The first-order valence-corrected chi connectivity index (χ1v) is 6.61. The van der Waals surface area contributed by atoms with Crippen molar-refractivity contribution in [3.63, 3.8) is 0 Å². The van der Waals surface area contributed by atoms with Gasteiger partial charge in [-0.15, -0.1) is 0 Å². The second kappa shape index (κ2) is 9.34. The molecule has 0 N–H and O–H groups in total. The molecule has 2 rings (SSSR count). The molecule has 18 heavy (non-hydrogen) atoms. The van der Waals surface area contributed by atoms with E-state index in [1.54, 1.807) is 6.33 Å². The third-order valence-corrected chi connectivity index (χ3v) is 2.15. The quantitative estimate of drug-likeness (QED) is 0.719. The smallest absolute Gasteiger partial charge is 0.116 e. The molecule has 0 amide bonds. The summed E-state index contributed by atoms with van der Waals surface area (Å²) in [6, 6.07) is 10.3. The maximum absolute atomic E-state index is 4.23. The fourth-order valence-corrected chi connectivity index (χ4v) is 1.34. The highest BCUT2D eigenvalue weighted by atomic mass is 14.8. The second-order valence-electron chi connectivity index (χ2n) is 3.41. The highest BCUT2D eigenvalue weighted by Crippen LogP contribution is 2.16. The summed E-state index contributed by atoms with van der Waals surface area (Å²) < 4.78 is 0. The number of hydrogen-bond donors (Lipinski definition) is 0. The van der Waals surface area contributed by atoms with Crippen LogP contribution in [0.4, 0.5) is 0 Å². The minimum Gasteiger partial charge on any atom is -0.242 e. The van der Waals surface area contributed by atoms with E-state index < -0.39 is 0 Å². The van der Waals surface area contributed by atoms with E-state index in [0.29, 0.717) is 0 Å². The summed E-state index contributed by atoms with van der Waals surface area (Å²) in [7, 11) is 0. The number of aryl methyl sites for hydroxylation is 2. The van der Waals surface area contributed by atoms with Gasteiger partial charge in [-0.3, -0.25) is 0 Å². The van der Waals surface area contributed by atoms with E-state index in [2.05, 4.69) is 41.2 Å². The van der Waals surface area contributed by atoms with E-state index in [0.717, 1.165) is 17.0 Å². The van der Waals surface area contributed by atoms with Crippen molar-refractivity contribution in [3.8, 4) is 11.3 Å². The van der Waals surface area contributed by atoms with Crippen LogP contribution in [0.5, 0.6) is 0 Å². The molecule has 1 heterocycles. The molecular formula is C16H24N2. The van der Waals surface area contributed by atoms with E-state index in [-0.39, 0.29) is 0 Å². The van der Waals surface area contributed by atoms with Crippen LogP contribution in [0.2, 0.25) is 0 Å². The molecule has 2 heteroatoms. The van der Waals surface area contributed by atoms with Gasteiger partial charge in [0, 0.05) is 11.3 Å². The molecule has 0 unspecified atom stereocenters. The van der Waals surface area contributed by atoms with E-state index in [1.807, 2.05) is 40.7 Å². The molecule has 0 fully saturated rings. The molecule has 0 radical (unpaired) electrons. The van der Waals surface area contributed by atoms with Crippen LogP contribution >= 0.6 is 0 Å². The number of benzene rings is 1. The summed E-state index contributed by atoms with van der Waals surface area (Å²) in [4.78, 5) is 8.30. The molecule has 0 saturated heterocycles. The highest BCUT2D eigenvalue weighted by Gasteiger charge is 1.98. The molecule has 0 aliphatic rings. The maximum Gasteiger partial charge on any atom is 0.116 e. The number of hydrogen-bond acceptors (Lipinski definition) is 2. The van der Waals surface area contributed by atoms with Crippen molar-refractivity contribution in [2.45, 2.75) is 41.5 Å². The molecule has 2 nitrogen and oxygen atoms in total. The van der Waals surface area contributed by atoms with Crippen molar-refractivity contribution in [2.75, 3.05) is 0 Å². The largest absolute Gasteiger partial charge is 0.242 e. The lowest BCUT2D eigenvalue weighted by atomic mass is 10.1. The molecule has 2 aromatic rings. The number of aromatic nitrogens is 2. The summed E-state index contributed by atoms with van der Waals surface area (Å²) in [5, 5.41) is 0. The summed E-state index contributed by atoms with van der Waals surface area (Å²) in [6.07, 6.45) is 1.60. The summed E-state index contributed by atoms with van der Waals surface area (Å²) >= 11 is 0. The zero-order valence-electron chi connectivity index (χ0n) is 12.4. The van der Waals surface area contributed by atoms with Crippen molar-refractivity contribution >= 4 is 0 Å². The molecule has 0 aliphatic carbocycles. The zero-order valence-corrected chi connectivity index (χ0v) is 12.4. The van der Waals surface area contributed by atoms with Crippen molar-refractivity contribution < 1.29 is 0 Å². The summed E-state index contributed by atoms with van der Waals surface area (Å²) in [5.41, 5.74) is 4.38. The average molecular weight is 244 g/mol. The van der Waals surface area contributed by atoms with Gasteiger partial charge in [-0.2, -0.15) is 0 Å². The van der Waals surface area contributed by atoms with Crippen LogP contribution in [-0.4, -0.2) is 9.97 Å².